The van der Waals surface area contributed by atoms with Gasteiger partial charge in [0, 0.05) is 10.9 Å². The normalized spacial score (nSPS) is 10.8. The minimum atomic E-state index is -0.577. The highest BCUT2D eigenvalue weighted by Gasteiger charge is 2.13. The van der Waals surface area contributed by atoms with E-state index in [0.29, 0.717) is 5.13 Å². The van der Waals surface area contributed by atoms with Crippen LogP contribution in [0.3, 0.4) is 0 Å². The highest BCUT2D eigenvalue weighted by Crippen LogP contribution is 2.27. The smallest absolute Gasteiger partial charge is 0.230 e. The van der Waals surface area contributed by atoms with Gasteiger partial charge in [-0.05, 0) is 46.3 Å². The molecular formula is C18H12F2N6OS. The van der Waals surface area contributed by atoms with Crippen molar-refractivity contribution in [1.29, 1.82) is 0 Å². The van der Waals surface area contributed by atoms with E-state index in [1.54, 1.807) is 29.6 Å². The van der Waals surface area contributed by atoms with E-state index < -0.39 is 11.6 Å². The molecule has 7 nitrogen and oxygen atoms in total. The van der Waals surface area contributed by atoms with E-state index in [-0.39, 0.29) is 23.6 Å². The van der Waals surface area contributed by atoms with Crippen LogP contribution in [-0.2, 0) is 11.2 Å². The maximum Gasteiger partial charge on any atom is 0.230 e. The Labute approximate surface area is 161 Å². The molecule has 0 fully saturated rings. The van der Waals surface area contributed by atoms with Gasteiger partial charge in [-0.25, -0.2) is 18.4 Å². The van der Waals surface area contributed by atoms with Crippen molar-refractivity contribution in [3.8, 4) is 16.9 Å². The number of hydrogen-bond acceptors (Lipinski definition) is 6. The number of nitrogens with one attached hydrogen (secondary N) is 1. The first-order valence-electron chi connectivity index (χ1n) is 8.11. The van der Waals surface area contributed by atoms with Crippen LogP contribution in [0, 0.1) is 11.6 Å². The molecule has 1 N–H and O–H groups in total. The van der Waals surface area contributed by atoms with Gasteiger partial charge in [-0.2, -0.15) is 0 Å². The first-order chi connectivity index (χ1) is 13.6. The highest BCUT2D eigenvalue weighted by molar-refractivity contribution is 7.14. The van der Waals surface area contributed by atoms with Crippen LogP contribution in [0.1, 0.15) is 5.56 Å². The molecule has 10 heteroatoms. The zero-order chi connectivity index (χ0) is 19.5. The number of benzene rings is 2. The fourth-order valence-electron chi connectivity index (χ4n) is 2.54. The van der Waals surface area contributed by atoms with Crippen molar-refractivity contribution in [2.24, 2.45) is 0 Å². The van der Waals surface area contributed by atoms with E-state index in [0.717, 1.165) is 40.8 Å². The number of amides is 1. The molecule has 1 amide bonds. The molecule has 2 heterocycles. The Kier molecular flexibility index (Phi) is 4.85. The van der Waals surface area contributed by atoms with E-state index in [1.165, 1.54) is 11.0 Å². The molecular weight excluding hydrogens is 386 g/mol. The van der Waals surface area contributed by atoms with Crippen LogP contribution >= 0.6 is 11.3 Å². The van der Waals surface area contributed by atoms with Gasteiger partial charge in [-0.15, -0.1) is 16.4 Å². The number of halogens is 2. The minimum absolute atomic E-state index is 0.0509. The highest BCUT2D eigenvalue weighted by atomic mass is 32.1. The Bertz CT molecular complexity index is 1110. The minimum Gasteiger partial charge on any atom is -0.302 e. The van der Waals surface area contributed by atoms with Crippen LogP contribution in [0.25, 0.3) is 16.9 Å². The van der Waals surface area contributed by atoms with E-state index in [9.17, 15) is 13.6 Å². The lowest BCUT2D eigenvalue weighted by molar-refractivity contribution is -0.115. The Morgan fingerprint density at radius 1 is 1.14 bits per heavy atom. The lowest BCUT2D eigenvalue weighted by Crippen LogP contribution is -2.14. The molecule has 0 spiro atoms. The predicted molar refractivity (Wildman–Crippen MR) is 99.0 cm³/mol. The van der Waals surface area contributed by atoms with E-state index in [1.807, 2.05) is 0 Å². The topological polar surface area (TPSA) is 85.6 Å². The lowest BCUT2D eigenvalue weighted by Gasteiger charge is -2.04. The van der Waals surface area contributed by atoms with Crippen molar-refractivity contribution in [2.75, 3.05) is 5.32 Å². The molecule has 4 aromatic rings. The third-order valence-corrected chi connectivity index (χ3v) is 4.63. The Morgan fingerprint density at radius 3 is 2.71 bits per heavy atom. The summed E-state index contributed by atoms with van der Waals surface area (Å²) in [4.78, 5) is 16.4. The first-order valence-corrected chi connectivity index (χ1v) is 8.99. The Balaban J connectivity index is 1.42. The summed E-state index contributed by atoms with van der Waals surface area (Å²) in [6, 6.07) is 10.3. The van der Waals surface area contributed by atoms with Gasteiger partial charge >= 0.3 is 0 Å². The Hall–Kier alpha value is -3.53. The van der Waals surface area contributed by atoms with Crippen LogP contribution in [-0.4, -0.2) is 31.1 Å². The summed E-state index contributed by atoms with van der Waals surface area (Å²) in [7, 11) is 0. The number of tetrazole rings is 1. The van der Waals surface area contributed by atoms with Gasteiger partial charge in [0.25, 0.3) is 0 Å². The quantitative estimate of drug-likeness (QED) is 0.558. The van der Waals surface area contributed by atoms with Crippen LogP contribution < -0.4 is 5.32 Å². The zero-order valence-electron chi connectivity index (χ0n) is 14.2. The number of hydrogen-bond donors (Lipinski definition) is 1. The van der Waals surface area contributed by atoms with Crippen LogP contribution in [0.4, 0.5) is 13.9 Å². The molecule has 0 radical (unpaired) electrons. The van der Waals surface area contributed by atoms with Gasteiger partial charge in [0.05, 0.1) is 17.8 Å². The van der Waals surface area contributed by atoms with E-state index in [4.69, 9.17) is 0 Å². The van der Waals surface area contributed by atoms with Crippen molar-refractivity contribution < 1.29 is 13.6 Å². The summed E-state index contributed by atoms with van der Waals surface area (Å²) < 4.78 is 28.7. The van der Waals surface area contributed by atoms with Gasteiger partial charge in [0.2, 0.25) is 5.91 Å². The maximum atomic E-state index is 13.8. The predicted octanol–water partition coefficient (Wildman–Crippen LogP) is 3.25. The second-order valence-electron chi connectivity index (χ2n) is 5.81. The number of nitrogens with zero attached hydrogens (tertiary/aromatic N) is 5. The van der Waals surface area contributed by atoms with Crippen molar-refractivity contribution >= 4 is 22.4 Å². The van der Waals surface area contributed by atoms with Crippen LogP contribution in [0.5, 0.6) is 0 Å². The number of rotatable bonds is 5. The SMILES string of the molecule is O=C(Cc1ccc(-n2cnnn2)cc1)Nc1nc(-c2cc(F)ccc2F)cs1. The van der Waals surface area contributed by atoms with Gasteiger partial charge in [0.15, 0.2) is 5.13 Å². The summed E-state index contributed by atoms with van der Waals surface area (Å²) in [5.74, 6) is -1.40. The molecule has 0 atom stereocenters. The van der Waals surface area contributed by atoms with Gasteiger partial charge in [-0.3, -0.25) is 4.79 Å². The first kappa shape index (κ1) is 17.9. The molecule has 140 valence electrons. The molecule has 0 aliphatic heterocycles. The number of aromatic nitrogens is 5. The third-order valence-electron chi connectivity index (χ3n) is 3.87. The van der Waals surface area contributed by atoms with Crippen LogP contribution in [0.2, 0.25) is 0 Å². The molecule has 0 aliphatic carbocycles. The second-order valence-corrected chi connectivity index (χ2v) is 6.67. The van der Waals surface area contributed by atoms with Crippen molar-refractivity contribution in [1.82, 2.24) is 25.2 Å². The molecule has 28 heavy (non-hydrogen) atoms. The monoisotopic (exact) mass is 398 g/mol. The summed E-state index contributed by atoms with van der Waals surface area (Å²) in [6.07, 6.45) is 1.61. The van der Waals surface area contributed by atoms with Gasteiger partial charge < -0.3 is 5.32 Å². The fraction of sp³-hybridized carbons (Fsp3) is 0.0556. The number of carbonyl (C=O) groups is 1. The standard InChI is InChI=1S/C18H12F2N6OS/c19-12-3-6-15(20)14(8-12)16-9-28-18(22-16)23-17(27)7-11-1-4-13(5-2-11)26-10-21-24-25-26/h1-6,8-10H,7H2,(H,22,23,27). The van der Waals surface area contributed by atoms with E-state index >= 15 is 0 Å². The van der Waals surface area contributed by atoms with E-state index in [2.05, 4.69) is 25.8 Å². The third kappa shape index (κ3) is 3.91. The molecule has 4 rings (SSSR count). The lowest BCUT2D eigenvalue weighted by atomic mass is 10.1. The number of carbonyl (C=O) groups excluding carboxylic acids is 1. The van der Waals surface area contributed by atoms with Crippen molar-refractivity contribution in [2.45, 2.75) is 6.42 Å². The number of anilines is 1. The average molecular weight is 398 g/mol. The van der Waals surface area contributed by atoms with Gasteiger partial charge in [0.1, 0.15) is 18.0 Å². The average Bonchev–Trinajstić information content (AvgIpc) is 3.36. The summed E-state index contributed by atoms with van der Waals surface area (Å²) in [6.45, 7) is 0. The van der Waals surface area contributed by atoms with Gasteiger partial charge in [-0.1, -0.05) is 12.1 Å². The Morgan fingerprint density at radius 2 is 1.96 bits per heavy atom. The molecule has 2 aromatic heterocycles. The zero-order valence-corrected chi connectivity index (χ0v) is 15.0. The summed E-state index contributed by atoms with van der Waals surface area (Å²) in [5.41, 5.74) is 1.89. The van der Waals surface area contributed by atoms with Crippen molar-refractivity contribution in [3.05, 3.63) is 71.4 Å². The number of thiazole rings is 1. The molecule has 0 bridgehead atoms. The maximum absolute atomic E-state index is 13.8. The molecule has 0 saturated heterocycles. The second kappa shape index (κ2) is 7.61. The summed E-state index contributed by atoms with van der Waals surface area (Å²) in [5, 5.41) is 15.5. The fourth-order valence-corrected chi connectivity index (χ4v) is 3.27. The molecule has 2 aromatic carbocycles. The molecule has 0 saturated carbocycles. The molecule has 0 unspecified atom stereocenters. The largest absolute Gasteiger partial charge is 0.302 e. The summed E-state index contributed by atoms with van der Waals surface area (Å²) >= 11 is 1.14. The van der Waals surface area contributed by atoms with Crippen molar-refractivity contribution in [3.63, 3.8) is 0 Å². The van der Waals surface area contributed by atoms with Crippen LogP contribution in [0.15, 0.2) is 54.2 Å². The molecule has 0 aliphatic rings.